The summed E-state index contributed by atoms with van der Waals surface area (Å²) >= 11 is 5.89. The van der Waals surface area contributed by atoms with Crippen molar-refractivity contribution in [1.82, 2.24) is 14.5 Å². The second-order valence-electron chi connectivity index (χ2n) is 7.62. The molecule has 0 radical (unpaired) electrons. The van der Waals surface area contributed by atoms with E-state index in [1.165, 1.54) is 22.9 Å². The average molecular weight is 438 g/mol. The molecule has 1 amide bonds. The monoisotopic (exact) mass is 437 g/mol. The van der Waals surface area contributed by atoms with E-state index in [-0.39, 0.29) is 23.9 Å². The zero-order valence-electron chi connectivity index (χ0n) is 16.0. The van der Waals surface area contributed by atoms with E-state index < -0.39 is 11.7 Å². The van der Waals surface area contributed by atoms with Gasteiger partial charge in [0.25, 0.3) is 5.56 Å². The van der Waals surface area contributed by atoms with Gasteiger partial charge in [-0.1, -0.05) is 23.3 Å². The maximum atomic E-state index is 12.9. The van der Waals surface area contributed by atoms with Crippen molar-refractivity contribution in [3.63, 3.8) is 0 Å². The number of carbonyl (C=O) groups is 1. The fraction of sp³-hybridized carbons (Fsp3) is 0.381. The fourth-order valence-electron chi connectivity index (χ4n) is 4.02. The first kappa shape index (κ1) is 20.7. The van der Waals surface area contributed by atoms with E-state index in [0.717, 1.165) is 30.7 Å². The van der Waals surface area contributed by atoms with E-state index in [9.17, 15) is 22.8 Å². The Morgan fingerprint density at radius 2 is 1.97 bits per heavy atom. The van der Waals surface area contributed by atoms with E-state index >= 15 is 0 Å². The minimum absolute atomic E-state index is 0.0671. The Labute approximate surface area is 175 Å². The Hall–Kier alpha value is -2.61. The minimum atomic E-state index is -4.41. The normalized spacial score (nSPS) is 17.1. The number of allylic oxidation sites excluding steroid dienone is 1. The minimum Gasteiger partial charge on any atom is -0.341 e. The predicted octanol–water partition coefficient (Wildman–Crippen LogP) is 3.79. The van der Waals surface area contributed by atoms with Crippen molar-refractivity contribution in [1.29, 1.82) is 0 Å². The maximum absolute atomic E-state index is 12.9. The summed E-state index contributed by atoms with van der Waals surface area (Å²) in [5, 5.41) is 0.385. The summed E-state index contributed by atoms with van der Waals surface area (Å²) in [5.41, 5.74) is 1.23. The van der Waals surface area contributed by atoms with Gasteiger partial charge in [-0.3, -0.25) is 14.6 Å². The van der Waals surface area contributed by atoms with E-state index in [1.807, 2.05) is 6.08 Å². The van der Waals surface area contributed by atoms with Gasteiger partial charge >= 0.3 is 6.18 Å². The summed E-state index contributed by atoms with van der Waals surface area (Å²) in [6.07, 6.45) is 1.72. The van der Waals surface area contributed by atoms with E-state index in [4.69, 9.17) is 11.6 Å². The zero-order valence-corrected chi connectivity index (χ0v) is 16.7. The Balaban J connectivity index is 1.38. The van der Waals surface area contributed by atoms with Crippen LogP contribution in [0.15, 0.2) is 41.0 Å². The number of rotatable bonds is 3. The topological polar surface area (TPSA) is 55.2 Å². The molecule has 1 saturated heterocycles. The van der Waals surface area contributed by atoms with Crippen molar-refractivity contribution >= 4 is 23.6 Å². The molecule has 0 aromatic carbocycles. The van der Waals surface area contributed by atoms with Crippen molar-refractivity contribution in [2.45, 2.75) is 32.0 Å². The summed E-state index contributed by atoms with van der Waals surface area (Å²) in [5.74, 6) is 0.0458. The number of alkyl halides is 3. The first-order valence-electron chi connectivity index (χ1n) is 9.61. The van der Waals surface area contributed by atoms with Crippen molar-refractivity contribution < 1.29 is 18.0 Å². The van der Waals surface area contributed by atoms with Crippen molar-refractivity contribution in [3.05, 3.63) is 68.4 Å². The lowest BCUT2D eigenvalue weighted by Gasteiger charge is -2.33. The van der Waals surface area contributed by atoms with Crippen LogP contribution in [0, 0.1) is 5.92 Å². The Morgan fingerprint density at radius 1 is 1.23 bits per heavy atom. The summed E-state index contributed by atoms with van der Waals surface area (Å²) in [4.78, 5) is 30.1. The largest absolute Gasteiger partial charge is 0.417 e. The predicted molar refractivity (Wildman–Crippen MR) is 106 cm³/mol. The third-order valence-electron chi connectivity index (χ3n) is 5.67. The van der Waals surface area contributed by atoms with Gasteiger partial charge < -0.3 is 9.47 Å². The highest BCUT2D eigenvalue weighted by atomic mass is 35.5. The van der Waals surface area contributed by atoms with Gasteiger partial charge in [-0.05, 0) is 36.5 Å². The molecule has 30 heavy (non-hydrogen) atoms. The number of amides is 1. The van der Waals surface area contributed by atoms with Crippen LogP contribution < -0.4 is 5.56 Å². The molecule has 0 bridgehead atoms. The molecule has 1 fully saturated rings. The van der Waals surface area contributed by atoms with Crippen LogP contribution in [0.2, 0.25) is 5.02 Å². The summed E-state index contributed by atoms with van der Waals surface area (Å²) in [6.45, 7) is 1.00. The van der Waals surface area contributed by atoms with Crippen LogP contribution in [0.3, 0.4) is 0 Å². The molecule has 1 aliphatic carbocycles. The van der Waals surface area contributed by atoms with Gasteiger partial charge in [0.05, 0.1) is 16.3 Å². The molecular weight excluding hydrogens is 419 g/mol. The number of hydrogen-bond acceptors (Lipinski definition) is 3. The maximum Gasteiger partial charge on any atom is 0.417 e. The number of piperidine rings is 1. The molecule has 4 rings (SSSR count). The molecule has 3 heterocycles. The first-order chi connectivity index (χ1) is 14.2. The Kier molecular flexibility index (Phi) is 5.44. The molecule has 0 unspecified atom stereocenters. The number of fused-ring (bicyclic) bond motifs is 1. The van der Waals surface area contributed by atoms with Crippen LogP contribution in [0.5, 0.6) is 0 Å². The smallest absolute Gasteiger partial charge is 0.341 e. The second kappa shape index (κ2) is 7.91. The SMILES string of the molecule is O=C(Cn1cc(Cl)ccc1=O)N1CCC(C2=Cc3cc(C(F)(F)F)cnc3C2)CC1. The fourth-order valence-corrected chi connectivity index (χ4v) is 4.20. The molecule has 0 atom stereocenters. The molecule has 0 spiro atoms. The van der Waals surface area contributed by atoms with Crippen LogP contribution in [-0.2, 0) is 23.9 Å². The van der Waals surface area contributed by atoms with Crippen LogP contribution >= 0.6 is 11.6 Å². The van der Waals surface area contributed by atoms with Crippen LogP contribution in [0.4, 0.5) is 13.2 Å². The lowest BCUT2D eigenvalue weighted by Crippen LogP contribution is -2.41. The second-order valence-corrected chi connectivity index (χ2v) is 8.06. The van der Waals surface area contributed by atoms with E-state index in [2.05, 4.69) is 4.98 Å². The number of likely N-dealkylation sites (tertiary alicyclic amines) is 1. The highest BCUT2D eigenvalue weighted by Crippen LogP contribution is 2.36. The molecule has 0 N–H and O–H groups in total. The van der Waals surface area contributed by atoms with Crippen molar-refractivity contribution in [3.8, 4) is 0 Å². The highest BCUT2D eigenvalue weighted by Gasteiger charge is 2.33. The summed E-state index contributed by atoms with van der Waals surface area (Å²) in [7, 11) is 0. The molecule has 9 heteroatoms. The molecule has 158 valence electrons. The van der Waals surface area contributed by atoms with Gasteiger partial charge in [0, 0.05) is 38.0 Å². The van der Waals surface area contributed by atoms with Crippen LogP contribution in [0.25, 0.3) is 6.08 Å². The van der Waals surface area contributed by atoms with Gasteiger partial charge in [0.2, 0.25) is 5.91 Å². The molecule has 1 aliphatic heterocycles. The van der Waals surface area contributed by atoms with Crippen LogP contribution in [0.1, 0.15) is 29.7 Å². The summed E-state index contributed by atoms with van der Waals surface area (Å²) < 4.78 is 40.0. The molecule has 2 aliphatic rings. The Morgan fingerprint density at radius 3 is 2.67 bits per heavy atom. The number of aromatic nitrogens is 2. The third kappa shape index (κ3) is 4.28. The highest BCUT2D eigenvalue weighted by molar-refractivity contribution is 6.30. The number of carbonyl (C=O) groups excluding carboxylic acids is 1. The molecule has 2 aromatic rings. The van der Waals surface area contributed by atoms with Gasteiger partial charge in [0.1, 0.15) is 6.54 Å². The van der Waals surface area contributed by atoms with Gasteiger partial charge in [-0.25, -0.2) is 0 Å². The average Bonchev–Trinajstić information content (AvgIpc) is 3.13. The lowest BCUT2D eigenvalue weighted by atomic mass is 9.88. The zero-order chi connectivity index (χ0) is 21.5. The number of nitrogens with zero attached hydrogens (tertiary/aromatic N) is 3. The molecule has 2 aromatic heterocycles. The number of pyridine rings is 2. The molecule has 0 saturated carbocycles. The summed E-state index contributed by atoms with van der Waals surface area (Å²) in [6, 6.07) is 3.96. The van der Waals surface area contributed by atoms with Crippen molar-refractivity contribution in [2.24, 2.45) is 5.92 Å². The van der Waals surface area contributed by atoms with Gasteiger partial charge in [-0.15, -0.1) is 0 Å². The van der Waals surface area contributed by atoms with Crippen molar-refractivity contribution in [2.75, 3.05) is 13.1 Å². The molecular formula is C21H19ClF3N3O2. The number of hydrogen-bond donors (Lipinski definition) is 0. The van der Waals surface area contributed by atoms with Gasteiger partial charge in [-0.2, -0.15) is 13.2 Å². The van der Waals surface area contributed by atoms with E-state index in [1.54, 1.807) is 4.90 Å². The Bertz CT molecular complexity index is 1070. The molecule has 5 nitrogen and oxygen atoms in total. The van der Waals surface area contributed by atoms with E-state index in [0.29, 0.717) is 35.8 Å². The quantitative estimate of drug-likeness (QED) is 0.734. The number of halogens is 4. The van der Waals surface area contributed by atoms with Gasteiger partial charge in [0.15, 0.2) is 0 Å². The first-order valence-corrected chi connectivity index (χ1v) is 9.99. The standard InChI is InChI=1S/C21H19ClF3N3O2/c22-17-1-2-19(29)28(11-17)12-20(30)27-5-3-13(4-6-27)14-7-15-8-16(21(23,24)25)10-26-18(15)9-14/h1-2,7-8,10-11,13H,3-6,9,12H2. The third-order valence-corrected chi connectivity index (χ3v) is 5.89. The lowest BCUT2D eigenvalue weighted by molar-refractivity contribution is -0.138. The van der Waals surface area contributed by atoms with Crippen LogP contribution in [-0.4, -0.2) is 33.4 Å².